The lowest BCUT2D eigenvalue weighted by atomic mass is 10.2. The second-order valence-corrected chi connectivity index (χ2v) is 5.36. The summed E-state index contributed by atoms with van der Waals surface area (Å²) in [6.07, 6.45) is 3.43. The van der Waals surface area contributed by atoms with E-state index in [4.69, 9.17) is 4.74 Å². The number of carbonyl (C=O) groups is 1. The Morgan fingerprint density at radius 3 is 2.77 bits per heavy atom. The number of pyridine rings is 1. The fourth-order valence-electron chi connectivity index (χ4n) is 1.82. The van der Waals surface area contributed by atoms with Gasteiger partial charge in [-0.25, -0.2) is 4.98 Å². The van der Waals surface area contributed by atoms with Crippen molar-refractivity contribution in [3.05, 3.63) is 70.6 Å². The molecule has 0 aliphatic heterocycles. The van der Waals surface area contributed by atoms with Gasteiger partial charge in [0.1, 0.15) is 11.3 Å². The average molecular weight is 311 g/mol. The Hall–Kier alpha value is -2.73. The molecule has 110 valence electrons. The molecule has 0 bridgehead atoms. The molecule has 0 aliphatic carbocycles. The predicted octanol–water partition coefficient (Wildman–Crippen LogP) is 3.02. The Labute approximate surface area is 131 Å². The van der Waals surface area contributed by atoms with Crippen LogP contribution in [-0.2, 0) is 7.05 Å². The second kappa shape index (κ2) is 6.36. The molecule has 0 saturated heterocycles. The molecule has 3 aromatic rings. The number of nitrogens with zero attached hydrogens (tertiary/aromatic N) is 3. The number of aromatic nitrogens is 2. The Bertz CT molecular complexity index is 853. The van der Waals surface area contributed by atoms with Gasteiger partial charge in [-0.2, -0.15) is 4.99 Å². The van der Waals surface area contributed by atoms with Crippen LogP contribution in [0.3, 0.4) is 0 Å². The smallest absolute Gasteiger partial charge is 0.285 e. The van der Waals surface area contributed by atoms with Crippen molar-refractivity contribution in [2.75, 3.05) is 0 Å². The van der Waals surface area contributed by atoms with Gasteiger partial charge in [0.15, 0.2) is 4.80 Å². The summed E-state index contributed by atoms with van der Waals surface area (Å²) in [6, 6.07) is 12.6. The standard InChI is InChI=1S/C16H13N3O2S/c1-19-10-11-22-16(19)18-14(20)13-8-5-9-17-15(13)21-12-6-3-2-4-7-12/h2-11H,1H3. The third kappa shape index (κ3) is 3.12. The fraction of sp³-hybridized carbons (Fsp3) is 0.0625. The topological polar surface area (TPSA) is 56.5 Å². The quantitative estimate of drug-likeness (QED) is 0.747. The molecule has 0 atom stereocenters. The third-order valence-electron chi connectivity index (χ3n) is 2.92. The number of para-hydroxylation sites is 1. The van der Waals surface area contributed by atoms with E-state index in [1.807, 2.05) is 36.8 Å². The molecule has 0 unspecified atom stereocenters. The van der Waals surface area contributed by atoms with Crippen LogP contribution < -0.4 is 9.54 Å². The molecule has 0 spiro atoms. The van der Waals surface area contributed by atoms with E-state index in [9.17, 15) is 4.79 Å². The highest BCUT2D eigenvalue weighted by molar-refractivity contribution is 7.07. The van der Waals surface area contributed by atoms with E-state index in [0.717, 1.165) is 0 Å². The zero-order chi connectivity index (χ0) is 15.4. The van der Waals surface area contributed by atoms with Crippen molar-refractivity contribution >= 4 is 17.2 Å². The number of hydrogen-bond acceptors (Lipinski definition) is 4. The average Bonchev–Trinajstić information content (AvgIpc) is 2.94. The number of carbonyl (C=O) groups excluding carboxylic acids is 1. The van der Waals surface area contributed by atoms with Crippen molar-refractivity contribution in [1.82, 2.24) is 9.55 Å². The molecule has 0 aliphatic rings. The van der Waals surface area contributed by atoms with Gasteiger partial charge in [0, 0.05) is 24.8 Å². The molecule has 0 fully saturated rings. The molecule has 3 rings (SSSR count). The van der Waals surface area contributed by atoms with Crippen LogP contribution in [0.4, 0.5) is 0 Å². The van der Waals surface area contributed by atoms with Crippen molar-refractivity contribution in [3.63, 3.8) is 0 Å². The van der Waals surface area contributed by atoms with Gasteiger partial charge in [-0.05, 0) is 24.3 Å². The van der Waals surface area contributed by atoms with Crippen molar-refractivity contribution in [2.45, 2.75) is 0 Å². The first-order valence-electron chi connectivity index (χ1n) is 6.61. The fourth-order valence-corrected chi connectivity index (χ4v) is 2.54. The van der Waals surface area contributed by atoms with Gasteiger partial charge in [0.25, 0.3) is 5.91 Å². The Kier molecular flexibility index (Phi) is 4.11. The van der Waals surface area contributed by atoms with E-state index < -0.39 is 0 Å². The highest BCUT2D eigenvalue weighted by Gasteiger charge is 2.13. The summed E-state index contributed by atoms with van der Waals surface area (Å²) in [4.78, 5) is 21.3. The summed E-state index contributed by atoms with van der Waals surface area (Å²) in [5.41, 5.74) is 0.333. The molecule has 6 heteroatoms. The zero-order valence-electron chi connectivity index (χ0n) is 11.8. The number of benzene rings is 1. The molecule has 0 radical (unpaired) electrons. The lowest BCUT2D eigenvalue weighted by Gasteiger charge is -2.07. The maximum Gasteiger partial charge on any atom is 0.285 e. The lowest BCUT2D eigenvalue weighted by Crippen LogP contribution is -2.13. The van der Waals surface area contributed by atoms with Crippen LogP contribution in [-0.4, -0.2) is 15.5 Å². The lowest BCUT2D eigenvalue weighted by molar-refractivity contribution is 0.0995. The number of hydrogen-bond donors (Lipinski definition) is 0. The van der Waals surface area contributed by atoms with Crippen molar-refractivity contribution in [3.8, 4) is 11.6 Å². The van der Waals surface area contributed by atoms with Gasteiger partial charge < -0.3 is 9.30 Å². The summed E-state index contributed by atoms with van der Waals surface area (Å²) < 4.78 is 7.47. The van der Waals surface area contributed by atoms with E-state index in [1.165, 1.54) is 11.3 Å². The van der Waals surface area contributed by atoms with Crippen molar-refractivity contribution in [1.29, 1.82) is 0 Å². The normalized spacial score (nSPS) is 11.4. The van der Waals surface area contributed by atoms with Crippen LogP contribution in [0, 0.1) is 0 Å². The van der Waals surface area contributed by atoms with Crippen LogP contribution in [0.15, 0.2) is 65.2 Å². The molecule has 1 amide bonds. The van der Waals surface area contributed by atoms with E-state index >= 15 is 0 Å². The third-order valence-corrected chi connectivity index (χ3v) is 3.76. The number of rotatable bonds is 3. The summed E-state index contributed by atoms with van der Waals surface area (Å²) >= 11 is 1.40. The van der Waals surface area contributed by atoms with E-state index in [-0.39, 0.29) is 11.8 Å². The molecule has 22 heavy (non-hydrogen) atoms. The van der Waals surface area contributed by atoms with Crippen molar-refractivity contribution in [2.24, 2.45) is 12.0 Å². The summed E-state index contributed by atoms with van der Waals surface area (Å²) in [7, 11) is 1.84. The van der Waals surface area contributed by atoms with Crippen molar-refractivity contribution < 1.29 is 9.53 Å². The monoisotopic (exact) mass is 311 g/mol. The van der Waals surface area contributed by atoms with Crippen LogP contribution in [0.25, 0.3) is 0 Å². The van der Waals surface area contributed by atoms with Gasteiger partial charge in [-0.3, -0.25) is 4.79 Å². The second-order valence-electron chi connectivity index (χ2n) is 4.48. The van der Waals surface area contributed by atoms with Gasteiger partial charge in [-0.1, -0.05) is 18.2 Å². The first-order valence-corrected chi connectivity index (χ1v) is 7.49. The zero-order valence-corrected chi connectivity index (χ0v) is 12.7. The van der Waals surface area contributed by atoms with Crippen LogP contribution in [0.2, 0.25) is 0 Å². The number of aryl methyl sites for hydroxylation is 1. The highest BCUT2D eigenvalue weighted by atomic mass is 32.1. The summed E-state index contributed by atoms with van der Waals surface area (Å²) in [5.74, 6) is 0.496. The van der Waals surface area contributed by atoms with Gasteiger partial charge in [0.05, 0.1) is 0 Å². The molecule has 1 aromatic carbocycles. The van der Waals surface area contributed by atoms with E-state index in [1.54, 1.807) is 35.0 Å². The SMILES string of the molecule is Cn1ccsc1=NC(=O)c1cccnc1Oc1ccccc1. The maximum absolute atomic E-state index is 12.4. The van der Waals surface area contributed by atoms with Gasteiger partial charge >= 0.3 is 0 Å². The van der Waals surface area contributed by atoms with E-state index in [0.29, 0.717) is 16.1 Å². The van der Waals surface area contributed by atoms with Crippen LogP contribution in [0.1, 0.15) is 10.4 Å². The van der Waals surface area contributed by atoms with Gasteiger partial charge in [0.2, 0.25) is 5.88 Å². The summed E-state index contributed by atoms with van der Waals surface area (Å²) in [6.45, 7) is 0. The Balaban J connectivity index is 1.95. The highest BCUT2D eigenvalue weighted by Crippen LogP contribution is 2.22. The minimum Gasteiger partial charge on any atom is -0.438 e. The largest absolute Gasteiger partial charge is 0.438 e. The molecule has 0 saturated carbocycles. The number of thiazole rings is 1. The molecule has 2 aromatic heterocycles. The maximum atomic E-state index is 12.4. The predicted molar refractivity (Wildman–Crippen MR) is 83.9 cm³/mol. The van der Waals surface area contributed by atoms with Gasteiger partial charge in [-0.15, -0.1) is 11.3 Å². The summed E-state index contributed by atoms with van der Waals surface area (Å²) in [5, 5.41) is 1.87. The molecular formula is C16H13N3O2S. The number of ether oxygens (including phenoxy) is 1. The Morgan fingerprint density at radius 2 is 2.05 bits per heavy atom. The molecule has 0 N–H and O–H groups in total. The van der Waals surface area contributed by atoms with E-state index in [2.05, 4.69) is 9.98 Å². The minimum absolute atomic E-state index is 0.252. The van der Waals surface area contributed by atoms with Crippen LogP contribution in [0.5, 0.6) is 11.6 Å². The Morgan fingerprint density at radius 1 is 1.23 bits per heavy atom. The van der Waals surface area contributed by atoms with Crippen LogP contribution >= 0.6 is 11.3 Å². The first-order chi connectivity index (χ1) is 10.7. The molecule has 2 heterocycles. The first kappa shape index (κ1) is 14.2. The molecular weight excluding hydrogens is 298 g/mol. The number of amides is 1. The molecule has 5 nitrogen and oxygen atoms in total. The minimum atomic E-state index is -0.378.